The van der Waals surface area contributed by atoms with Gasteiger partial charge in [-0.15, -0.1) is 46.2 Å². The van der Waals surface area contributed by atoms with E-state index in [2.05, 4.69) is 24.3 Å². The van der Waals surface area contributed by atoms with Crippen LogP contribution in [0.5, 0.6) is 0 Å². The number of pyridine rings is 2. The van der Waals surface area contributed by atoms with Crippen LogP contribution in [-0.4, -0.2) is 36.7 Å². The Morgan fingerprint density at radius 3 is 1.23 bits per heavy atom. The summed E-state index contributed by atoms with van der Waals surface area (Å²) >= 11 is 18.3. The van der Waals surface area contributed by atoms with Crippen LogP contribution in [0.3, 0.4) is 0 Å². The monoisotopic (exact) mass is 938 g/mol. The van der Waals surface area contributed by atoms with Gasteiger partial charge < -0.3 is 9.47 Å². The quantitative estimate of drug-likeness (QED) is 0.0363. The number of carbonyl (C=O) groups is 4. The standard InChI is InChI=1S/C48H40Cl2N2O6S4/c1-3-57-39(53)27-37-41(51-23-7-5-8-24-51)47(61-45(37)43(55)33-15-19-35(49)20-16-33)59-29-31-11-13-32(14-12-31)30-60-48-42(52-25-9-6-10-26-52)38(28-40(54)58-4-2)46(62-48)44(56)34-17-21-36(50)22-18-34/h5-26H,3-4,27-30H2,1-2H3/q+2. The molecule has 0 radical (unpaired) electrons. The molecular formula is C48H40Cl2N2O6S4+2. The minimum absolute atomic E-state index is 0.0566. The number of ether oxygens (including phenoxy) is 2. The smallest absolute Gasteiger partial charge is 0.310 e. The second-order valence-corrected chi connectivity index (χ2v) is 19.1. The first-order valence-electron chi connectivity index (χ1n) is 19.6. The van der Waals surface area contributed by atoms with Gasteiger partial charge in [0.05, 0.1) is 46.9 Å². The summed E-state index contributed by atoms with van der Waals surface area (Å²) in [6.45, 7) is 3.99. The van der Waals surface area contributed by atoms with Crippen molar-refractivity contribution in [2.75, 3.05) is 13.2 Å². The number of thiophene rings is 2. The first kappa shape index (κ1) is 45.0. The molecule has 62 heavy (non-hydrogen) atoms. The number of carbonyl (C=O) groups excluding carboxylic acids is 4. The van der Waals surface area contributed by atoms with Crippen molar-refractivity contribution in [2.45, 2.75) is 46.6 Å². The first-order valence-corrected chi connectivity index (χ1v) is 24.0. The average molecular weight is 940 g/mol. The van der Waals surface area contributed by atoms with Gasteiger partial charge in [-0.2, -0.15) is 9.13 Å². The van der Waals surface area contributed by atoms with Crippen molar-refractivity contribution < 1.29 is 37.8 Å². The van der Waals surface area contributed by atoms with Gasteiger partial charge in [0.2, 0.25) is 22.9 Å². The zero-order chi connectivity index (χ0) is 43.6. The van der Waals surface area contributed by atoms with Crippen LogP contribution in [0.15, 0.2) is 142 Å². The Kier molecular flexibility index (Phi) is 15.5. The van der Waals surface area contributed by atoms with E-state index in [1.54, 1.807) is 85.9 Å². The molecule has 3 aromatic carbocycles. The molecule has 0 aliphatic heterocycles. The van der Waals surface area contributed by atoms with Gasteiger partial charge in [-0.3, -0.25) is 19.2 Å². The van der Waals surface area contributed by atoms with Crippen molar-refractivity contribution in [3.63, 3.8) is 0 Å². The van der Waals surface area contributed by atoms with Gasteiger partial charge in [-0.1, -0.05) is 59.6 Å². The molecule has 0 atom stereocenters. The fourth-order valence-electron chi connectivity index (χ4n) is 6.58. The zero-order valence-electron chi connectivity index (χ0n) is 33.7. The average Bonchev–Trinajstić information content (AvgIpc) is 3.83. The lowest BCUT2D eigenvalue weighted by Crippen LogP contribution is -2.31. The van der Waals surface area contributed by atoms with Crippen molar-refractivity contribution in [3.8, 4) is 11.4 Å². The SMILES string of the molecule is CCOC(=O)Cc1c(C(=O)c2ccc(Cl)cc2)sc(SCc2ccc(CSc3sc(C(=O)c4ccc(Cl)cc4)c(CC(=O)OCC)c3-[n+]3ccccc3)cc2)c1-[n+]1ccccc1. The maximum absolute atomic E-state index is 14.0. The second kappa shape index (κ2) is 21.3. The third kappa shape index (κ3) is 10.9. The highest BCUT2D eigenvalue weighted by Crippen LogP contribution is 2.42. The summed E-state index contributed by atoms with van der Waals surface area (Å²) < 4.78 is 16.4. The van der Waals surface area contributed by atoms with E-state index in [9.17, 15) is 19.2 Å². The summed E-state index contributed by atoms with van der Waals surface area (Å²) in [5.41, 5.74) is 5.88. The molecule has 0 aliphatic rings. The molecule has 314 valence electrons. The lowest BCUT2D eigenvalue weighted by atomic mass is 10.0. The van der Waals surface area contributed by atoms with E-state index in [0.29, 0.717) is 53.6 Å². The minimum atomic E-state index is -0.408. The molecular weight excluding hydrogens is 900 g/mol. The molecule has 8 nitrogen and oxygen atoms in total. The van der Waals surface area contributed by atoms with E-state index < -0.39 is 11.9 Å². The number of ketones is 2. The van der Waals surface area contributed by atoms with Crippen molar-refractivity contribution >= 4 is 92.9 Å². The molecule has 0 aliphatic carbocycles. The highest BCUT2D eigenvalue weighted by Gasteiger charge is 2.33. The van der Waals surface area contributed by atoms with Crippen LogP contribution in [0.1, 0.15) is 66.6 Å². The number of rotatable bonds is 18. The van der Waals surface area contributed by atoms with E-state index >= 15 is 0 Å². The Morgan fingerprint density at radius 2 is 0.887 bits per heavy atom. The topological polar surface area (TPSA) is 94.5 Å². The number of nitrogens with zero attached hydrogens (tertiary/aromatic N) is 2. The van der Waals surface area contributed by atoms with E-state index in [-0.39, 0.29) is 37.6 Å². The van der Waals surface area contributed by atoms with Gasteiger partial charge in [0.1, 0.15) is 8.42 Å². The Labute approximate surface area is 386 Å². The van der Waals surface area contributed by atoms with Crippen LogP contribution in [-0.2, 0) is 43.4 Å². The summed E-state index contributed by atoms with van der Waals surface area (Å²) in [6, 6.07) is 33.4. The Bertz CT molecular complexity index is 2500. The van der Waals surface area contributed by atoms with Gasteiger partial charge >= 0.3 is 11.9 Å². The van der Waals surface area contributed by atoms with Gasteiger partial charge in [-0.05, 0) is 73.5 Å². The molecule has 7 aromatic rings. The van der Waals surface area contributed by atoms with Crippen molar-refractivity contribution in [2.24, 2.45) is 0 Å². The zero-order valence-corrected chi connectivity index (χ0v) is 38.5. The van der Waals surface area contributed by atoms with E-state index in [1.165, 1.54) is 22.7 Å². The molecule has 4 aromatic heterocycles. The van der Waals surface area contributed by atoms with Crippen molar-refractivity contribution in [1.29, 1.82) is 0 Å². The van der Waals surface area contributed by atoms with Crippen molar-refractivity contribution in [1.82, 2.24) is 0 Å². The number of benzene rings is 3. The normalized spacial score (nSPS) is 11.0. The largest absolute Gasteiger partial charge is 0.466 e. The highest BCUT2D eigenvalue weighted by atomic mass is 35.5. The molecule has 0 N–H and O–H groups in total. The number of esters is 2. The van der Waals surface area contributed by atoms with Crippen molar-refractivity contribution in [3.05, 3.63) is 187 Å². The molecule has 14 heteroatoms. The lowest BCUT2D eigenvalue weighted by molar-refractivity contribution is -0.598. The fourth-order valence-corrected chi connectivity index (χ4v) is 11.9. The van der Waals surface area contributed by atoms with Gasteiger partial charge in [0.15, 0.2) is 24.8 Å². The Morgan fingerprint density at radius 1 is 0.532 bits per heavy atom. The van der Waals surface area contributed by atoms with Crippen LogP contribution in [0.4, 0.5) is 0 Å². The number of halogens is 2. The molecule has 0 unspecified atom stereocenters. The molecule has 0 spiro atoms. The number of hydrogen-bond donors (Lipinski definition) is 0. The summed E-state index contributed by atoms with van der Waals surface area (Å²) in [7, 11) is 0. The first-order chi connectivity index (χ1) is 30.1. The van der Waals surface area contributed by atoms with Crippen LogP contribution in [0, 0.1) is 0 Å². The molecule has 4 heterocycles. The predicted molar refractivity (Wildman–Crippen MR) is 248 cm³/mol. The highest BCUT2D eigenvalue weighted by molar-refractivity contribution is 8.00. The second-order valence-electron chi connectivity index (χ2n) is 13.7. The third-order valence-corrected chi connectivity index (χ3v) is 15.1. The molecule has 7 rings (SSSR count). The molecule has 0 saturated heterocycles. The maximum atomic E-state index is 14.0. The van der Waals surface area contributed by atoms with E-state index in [0.717, 1.165) is 30.9 Å². The number of hydrogen-bond acceptors (Lipinski definition) is 10. The molecule has 0 saturated carbocycles. The maximum Gasteiger partial charge on any atom is 0.310 e. The Balaban J connectivity index is 1.16. The summed E-state index contributed by atoms with van der Waals surface area (Å²) in [6.07, 6.45) is 7.54. The summed E-state index contributed by atoms with van der Waals surface area (Å²) in [5, 5.41) is 1.05. The van der Waals surface area contributed by atoms with Crippen LogP contribution < -0.4 is 9.13 Å². The lowest BCUT2D eigenvalue weighted by Gasteiger charge is -2.06. The van der Waals surface area contributed by atoms with Gasteiger partial charge in [-0.25, -0.2) is 0 Å². The molecule has 0 bridgehead atoms. The summed E-state index contributed by atoms with van der Waals surface area (Å²) in [5.74, 6) is 0.0201. The number of aromatic nitrogens is 2. The van der Waals surface area contributed by atoms with Crippen LogP contribution in [0.25, 0.3) is 11.4 Å². The molecule has 0 amide bonds. The predicted octanol–water partition coefficient (Wildman–Crippen LogP) is 10.9. The van der Waals surface area contributed by atoms with E-state index in [1.807, 2.05) is 70.3 Å². The van der Waals surface area contributed by atoms with Crippen LogP contribution in [0.2, 0.25) is 10.0 Å². The summed E-state index contributed by atoms with van der Waals surface area (Å²) in [4.78, 5) is 55.0. The Hall–Kier alpha value is -5.08. The fraction of sp³-hybridized carbons (Fsp3) is 0.167. The minimum Gasteiger partial charge on any atom is -0.466 e. The third-order valence-electron chi connectivity index (χ3n) is 9.48. The van der Waals surface area contributed by atoms with E-state index in [4.69, 9.17) is 32.7 Å². The van der Waals surface area contributed by atoms with Gasteiger partial charge in [0.25, 0.3) is 0 Å². The van der Waals surface area contributed by atoms with Crippen LogP contribution >= 0.6 is 69.4 Å². The molecule has 0 fully saturated rings. The van der Waals surface area contributed by atoms with Gasteiger partial charge in [0, 0.05) is 56.9 Å². The number of thioether (sulfide) groups is 2.